The number of hydrogen-bond acceptors (Lipinski definition) is 3. The van der Waals surface area contributed by atoms with Crippen LogP contribution in [0.1, 0.15) is 10.4 Å². The fourth-order valence-corrected chi connectivity index (χ4v) is 2.13. The summed E-state index contributed by atoms with van der Waals surface area (Å²) in [4.78, 5) is 12.7. The molecule has 2 aromatic carbocycles. The Bertz CT molecular complexity index is 534. The number of benzene rings is 2. The summed E-state index contributed by atoms with van der Waals surface area (Å²) >= 11 is 1.69. The van der Waals surface area contributed by atoms with Gasteiger partial charge in [0.25, 0.3) is 0 Å². The van der Waals surface area contributed by atoms with Crippen molar-refractivity contribution in [3.8, 4) is 0 Å². The maximum atomic E-state index is 11.6. The number of esters is 1. The molecule has 0 aliphatic carbocycles. The van der Waals surface area contributed by atoms with Crippen molar-refractivity contribution in [2.75, 3.05) is 13.4 Å². The third kappa shape index (κ3) is 1.91. The summed E-state index contributed by atoms with van der Waals surface area (Å²) < 4.78 is 4.76. The molecule has 0 saturated heterocycles. The van der Waals surface area contributed by atoms with E-state index >= 15 is 0 Å². The molecule has 16 heavy (non-hydrogen) atoms. The van der Waals surface area contributed by atoms with E-state index in [-0.39, 0.29) is 5.97 Å². The molecule has 3 heteroatoms. The molecule has 0 aromatic heterocycles. The van der Waals surface area contributed by atoms with Gasteiger partial charge in [-0.3, -0.25) is 0 Å². The first-order valence-electron chi connectivity index (χ1n) is 4.91. The monoisotopic (exact) mass is 232 g/mol. The van der Waals surface area contributed by atoms with Crippen molar-refractivity contribution in [2.24, 2.45) is 0 Å². The lowest BCUT2D eigenvalue weighted by Gasteiger charge is -2.05. The molecule has 0 aliphatic heterocycles. The molecule has 0 fully saturated rings. The Kier molecular flexibility index (Phi) is 3.15. The van der Waals surface area contributed by atoms with Crippen LogP contribution in [0.3, 0.4) is 0 Å². The van der Waals surface area contributed by atoms with Crippen LogP contribution in [0.15, 0.2) is 41.3 Å². The van der Waals surface area contributed by atoms with Gasteiger partial charge in [-0.2, -0.15) is 0 Å². The zero-order valence-corrected chi connectivity index (χ0v) is 10.0. The minimum absolute atomic E-state index is 0.289. The fourth-order valence-electron chi connectivity index (χ4n) is 1.68. The van der Waals surface area contributed by atoms with Crippen LogP contribution in [0.25, 0.3) is 10.8 Å². The lowest BCUT2D eigenvalue weighted by Crippen LogP contribution is -2.01. The standard InChI is InChI=1S/C13H12O2S/c1-15-13(14)12-5-3-4-9-8-10(16-2)6-7-11(9)12/h3-8H,1-2H3. The zero-order chi connectivity index (χ0) is 11.5. The van der Waals surface area contributed by atoms with Gasteiger partial charge >= 0.3 is 5.97 Å². The quantitative estimate of drug-likeness (QED) is 0.586. The Balaban J connectivity index is 2.65. The average Bonchev–Trinajstić information content (AvgIpc) is 2.36. The molecule has 0 spiro atoms. The van der Waals surface area contributed by atoms with E-state index in [1.54, 1.807) is 17.8 Å². The molecule has 0 aliphatic rings. The summed E-state index contributed by atoms with van der Waals surface area (Å²) in [6.07, 6.45) is 2.03. The molecule has 0 bridgehead atoms. The Hall–Kier alpha value is -1.48. The van der Waals surface area contributed by atoms with Crippen molar-refractivity contribution in [3.05, 3.63) is 42.0 Å². The number of carbonyl (C=O) groups is 1. The van der Waals surface area contributed by atoms with E-state index in [1.165, 1.54) is 12.0 Å². The topological polar surface area (TPSA) is 26.3 Å². The van der Waals surface area contributed by atoms with Crippen molar-refractivity contribution >= 4 is 28.5 Å². The molecule has 82 valence electrons. The van der Waals surface area contributed by atoms with Crippen molar-refractivity contribution in [3.63, 3.8) is 0 Å². The molecule has 0 amide bonds. The number of methoxy groups -OCH3 is 1. The number of rotatable bonds is 2. The van der Waals surface area contributed by atoms with Gasteiger partial charge in [-0.15, -0.1) is 11.8 Å². The van der Waals surface area contributed by atoms with Gasteiger partial charge in [0.2, 0.25) is 0 Å². The molecule has 2 aromatic rings. The second kappa shape index (κ2) is 4.58. The maximum absolute atomic E-state index is 11.6. The number of carbonyl (C=O) groups excluding carboxylic acids is 1. The average molecular weight is 232 g/mol. The first-order chi connectivity index (χ1) is 7.76. The maximum Gasteiger partial charge on any atom is 0.338 e. The highest BCUT2D eigenvalue weighted by Gasteiger charge is 2.09. The Morgan fingerprint density at radius 2 is 2.06 bits per heavy atom. The Morgan fingerprint density at radius 1 is 1.25 bits per heavy atom. The van der Waals surface area contributed by atoms with E-state index in [4.69, 9.17) is 4.74 Å². The van der Waals surface area contributed by atoms with Gasteiger partial charge in [0, 0.05) is 4.90 Å². The first kappa shape index (κ1) is 11.0. The summed E-state index contributed by atoms with van der Waals surface area (Å²) in [5, 5.41) is 2.00. The number of fused-ring (bicyclic) bond motifs is 1. The van der Waals surface area contributed by atoms with Crippen molar-refractivity contribution in [1.82, 2.24) is 0 Å². The third-order valence-corrected chi connectivity index (χ3v) is 3.22. The predicted octanol–water partition coefficient (Wildman–Crippen LogP) is 3.35. The summed E-state index contributed by atoms with van der Waals surface area (Å²) in [7, 11) is 1.40. The van der Waals surface area contributed by atoms with Crippen LogP contribution >= 0.6 is 11.8 Å². The van der Waals surface area contributed by atoms with Crippen LogP contribution in [0.2, 0.25) is 0 Å². The fraction of sp³-hybridized carbons (Fsp3) is 0.154. The smallest absolute Gasteiger partial charge is 0.338 e. The highest BCUT2D eigenvalue weighted by atomic mass is 32.2. The van der Waals surface area contributed by atoms with Crippen LogP contribution in [0, 0.1) is 0 Å². The van der Waals surface area contributed by atoms with Gasteiger partial charge in [0.15, 0.2) is 0 Å². The van der Waals surface area contributed by atoms with E-state index < -0.39 is 0 Å². The third-order valence-electron chi connectivity index (χ3n) is 2.49. The minimum atomic E-state index is -0.289. The summed E-state index contributed by atoms with van der Waals surface area (Å²) in [5.74, 6) is -0.289. The molecule has 0 unspecified atom stereocenters. The summed E-state index contributed by atoms with van der Waals surface area (Å²) in [6, 6.07) is 11.7. The van der Waals surface area contributed by atoms with E-state index in [0.717, 1.165) is 10.8 Å². The van der Waals surface area contributed by atoms with Gasteiger partial charge in [-0.05, 0) is 35.2 Å². The van der Waals surface area contributed by atoms with Gasteiger partial charge in [0.1, 0.15) is 0 Å². The van der Waals surface area contributed by atoms with Crippen LogP contribution in [-0.2, 0) is 4.74 Å². The van der Waals surface area contributed by atoms with Crippen molar-refractivity contribution < 1.29 is 9.53 Å². The molecule has 0 heterocycles. The van der Waals surface area contributed by atoms with Crippen LogP contribution in [-0.4, -0.2) is 19.3 Å². The lowest BCUT2D eigenvalue weighted by molar-refractivity contribution is 0.0603. The van der Waals surface area contributed by atoms with E-state index in [9.17, 15) is 4.79 Å². The summed E-state index contributed by atoms with van der Waals surface area (Å²) in [6.45, 7) is 0. The predicted molar refractivity (Wildman–Crippen MR) is 67.1 cm³/mol. The minimum Gasteiger partial charge on any atom is -0.465 e. The Labute approximate surface area is 98.6 Å². The van der Waals surface area contributed by atoms with Crippen molar-refractivity contribution in [2.45, 2.75) is 4.90 Å². The molecule has 2 rings (SSSR count). The molecular weight excluding hydrogens is 220 g/mol. The summed E-state index contributed by atoms with van der Waals surface area (Å²) in [5.41, 5.74) is 0.618. The second-order valence-electron chi connectivity index (χ2n) is 3.38. The number of ether oxygens (including phenoxy) is 1. The van der Waals surface area contributed by atoms with Gasteiger partial charge < -0.3 is 4.74 Å². The van der Waals surface area contributed by atoms with E-state index in [2.05, 4.69) is 6.07 Å². The van der Waals surface area contributed by atoms with Gasteiger partial charge in [-0.25, -0.2) is 4.79 Å². The normalized spacial score (nSPS) is 10.4. The van der Waals surface area contributed by atoms with E-state index in [0.29, 0.717) is 5.56 Å². The van der Waals surface area contributed by atoms with Crippen LogP contribution in [0.5, 0.6) is 0 Å². The number of thioether (sulfide) groups is 1. The largest absolute Gasteiger partial charge is 0.465 e. The zero-order valence-electron chi connectivity index (χ0n) is 9.19. The molecule has 0 N–H and O–H groups in total. The molecule has 0 radical (unpaired) electrons. The second-order valence-corrected chi connectivity index (χ2v) is 4.26. The first-order valence-corrected chi connectivity index (χ1v) is 6.14. The van der Waals surface area contributed by atoms with E-state index in [1.807, 2.05) is 30.5 Å². The lowest BCUT2D eigenvalue weighted by atomic mass is 10.0. The molecule has 0 saturated carbocycles. The Morgan fingerprint density at radius 3 is 2.75 bits per heavy atom. The number of hydrogen-bond donors (Lipinski definition) is 0. The highest BCUT2D eigenvalue weighted by molar-refractivity contribution is 7.98. The molecule has 0 atom stereocenters. The van der Waals surface area contributed by atoms with Crippen LogP contribution < -0.4 is 0 Å². The van der Waals surface area contributed by atoms with Gasteiger partial charge in [-0.1, -0.05) is 18.2 Å². The molecular formula is C13H12O2S. The SMILES string of the molecule is COC(=O)c1cccc2cc(SC)ccc12. The molecule has 2 nitrogen and oxygen atoms in total. The van der Waals surface area contributed by atoms with Crippen molar-refractivity contribution in [1.29, 1.82) is 0 Å². The highest BCUT2D eigenvalue weighted by Crippen LogP contribution is 2.24. The van der Waals surface area contributed by atoms with Crippen LogP contribution in [0.4, 0.5) is 0 Å². The van der Waals surface area contributed by atoms with Gasteiger partial charge in [0.05, 0.1) is 12.7 Å².